The predicted molar refractivity (Wildman–Crippen MR) is 109 cm³/mol. The summed E-state index contributed by atoms with van der Waals surface area (Å²) in [5.74, 6) is -0.189. The Morgan fingerprint density at radius 3 is 2.61 bits per heavy atom. The first-order chi connectivity index (χ1) is 13.5. The molecule has 1 amide bonds. The molecule has 0 aliphatic carbocycles. The number of pyridine rings is 1. The molecule has 3 heterocycles. The van der Waals surface area contributed by atoms with Crippen LogP contribution in [0, 0.1) is 13.8 Å². The zero-order valence-electron chi connectivity index (χ0n) is 16.0. The SMILES string of the molecule is Cc1ccncc1-c1[nH]c2ccc(C(C)NC(=O)c3cncnc3)cc2c1C. The molecular weight excluding hydrogens is 350 g/mol. The Bertz CT molecular complexity index is 1150. The van der Waals surface area contributed by atoms with Crippen molar-refractivity contribution in [3.05, 3.63) is 77.6 Å². The van der Waals surface area contributed by atoms with Gasteiger partial charge in [0.25, 0.3) is 5.91 Å². The topological polar surface area (TPSA) is 83.6 Å². The number of hydrogen-bond acceptors (Lipinski definition) is 4. The van der Waals surface area contributed by atoms with Crippen molar-refractivity contribution in [2.45, 2.75) is 26.8 Å². The van der Waals surface area contributed by atoms with Crippen molar-refractivity contribution >= 4 is 16.8 Å². The van der Waals surface area contributed by atoms with E-state index in [4.69, 9.17) is 0 Å². The van der Waals surface area contributed by atoms with Crippen molar-refractivity contribution in [1.82, 2.24) is 25.3 Å². The van der Waals surface area contributed by atoms with E-state index in [0.717, 1.165) is 27.7 Å². The molecule has 0 bridgehead atoms. The smallest absolute Gasteiger partial charge is 0.254 e. The normalized spacial score (nSPS) is 12.1. The number of aromatic amines is 1. The molecule has 2 N–H and O–H groups in total. The van der Waals surface area contributed by atoms with E-state index >= 15 is 0 Å². The van der Waals surface area contributed by atoms with Gasteiger partial charge in [0, 0.05) is 41.3 Å². The molecule has 0 saturated heterocycles. The van der Waals surface area contributed by atoms with E-state index in [2.05, 4.69) is 51.2 Å². The van der Waals surface area contributed by atoms with Crippen molar-refractivity contribution in [1.29, 1.82) is 0 Å². The van der Waals surface area contributed by atoms with Crippen molar-refractivity contribution in [3.63, 3.8) is 0 Å². The number of rotatable bonds is 4. The lowest BCUT2D eigenvalue weighted by atomic mass is 10.0. The quantitative estimate of drug-likeness (QED) is 0.565. The van der Waals surface area contributed by atoms with Crippen LogP contribution < -0.4 is 5.32 Å². The van der Waals surface area contributed by atoms with Gasteiger partial charge in [-0.15, -0.1) is 0 Å². The number of carbonyl (C=O) groups is 1. The van der Waals surface area contributed by atoms with Gasteiger partial charge >= 0.3 is 0 Å². The van der Waals surface area contributed by atoms with Gasteiger partial charge in [0.1, 0.15) is 6.33 Å². The average molecular weight is 371 g/mol. The third-order valence-corrected chi connectivity index (χ3v) is 5.06. The fourth-order valence-electron chi connectivity index (χ4n) is 3.39. The van der Waals surface area contributed by atoms with Crippen LogP contribution in [-0.4, -0.2) is 25.8 Å². The van der Waals surface area contributed by atoms with Crippen LogP contribution >= 0.6 is 0 Å². The second-order valence-corrected chi connectivity index (χ2v) is 6.94. The Balaban J connectivity index is 1.65. The molecule has 4 rings (SSSR count). The van der Waals surface area contributed by atoms with Crippen molar-refractivity contribution in [2.24, 2.45) is 0 Å². The van der Waals surface area contributed by atoms with Crippen LogP contribution in [0.25, 0.3) is 22.2 Å². The highest BCUT2D eigenvalue weighted by molar-refractivity contribution is 5.94. The Hall–Kier alpha value is -3.54. The van der Waals surface area contributed by atoms with E-state index in [1.807, 2.05) is 25.3 Å². The maximum Gasteiger partial charge on any atom is 0.254 e. The number of fused-ring (bicyclic) bond motifs is 1. The molecule has 4 aromatic rings. The van der Waals surface area contributed by atoms with Gasteiger partial charge in [-0.1, -0.05) is 6.07 Å². The highest BCUT2D eigenvalue weighted by Crippen LogP contribution is 2.32. The summed E-state index contributed by atoms with van der Waals surface area (Å²) in [6.45, 7) is 6.16. The van der Waals surface area contributed by atoms with Gasteiger partial charge in [0.15, 0.2) is 0 Å². The van der Waals surface area contributed by atoms with Gasteiger partial charge < -0.3 is 10.3 Å². The molecule has 0 spiro atoms. The van der Waals surface area contributed by atoms with E-state index in [9.17, 15) is 4.79 Å². The number of carbonyl (C=O) groups excluding carboxylic acids is 1. The third kappa shape index (κ3) is 3.24. The minimum absolute atomic E-state index is 0.144. The van der Waals surface area contributed by atoms with Crippen molar-refractivity contribution in [2.75, 3.05) is 0 Å². The zero-order valence-corrected chi connectivity index (χ0v) is 16.0. The first-order valence-corrected chi connectivity index (χ1v) is 9.13. The van der Waals surface area contributed by atoms with Crippen LogP contribution in [0.4, 0.5) is 0 Å². The van der Waals surface area contributed by atoms with Gasteiger partial charge in [-0.05, 0) is 55.7 Å². The Labute approximate surface area is 163 Å². The summed E-state index contributed by atoms with van der Waals surface area (Å²) in [5, 5.41) is 4.14. The average Bonchev–Trinajstić information content (AvgIpc) is 3.05. The van der Waals surface area contributed by atoms with E-state index < -0.39 is 0 Å². The highest BCUT2D eigenvalue weighted by Gasteiger charge is 2.15. The summed E-state index contributed by atoms with van der Waals surface area (Å²) >= 11 is 0. The van der Waals surface area contributed by atoms with Gasteiger partial charge in [-0.25, -0.2) is 9.97 Å². The number of amides is 1. The second kappa shape index (κ2) is 7.23. The van der Waals surface area contributed by atoms with E-state index in [1.54, 1.807) is 6.20 Å². The monoisotopic (exact) mass is 371 g/mol. The molecule has 0 aliphatic heterocycles. The minimum Gasteiger partial charge on any atom is -0.354 e. The molecule has 6 heteroatoms. The summed E-state index contributed by atoms with van der Waals surface area (Å²) in [5.41, 5.74) is 7.07. The van der Waals surface area contributed by atoms with Gasteiger partial charge in [-0.2, -0.15) is 0 Å². The Morgan fingerprint density at radius 1 is 1.07 bits per heavy atom. The van der Waals surface area contributed by atoms with Crippen LogP contribution in [-0.2, 0) is 0 Å². The molecule has 28 heavy (non-hydrogen) atoms. The lowest BCUT2D eigenvalue weighted by Gasteiger charge is -2.14. The lowest BCUT2D eigenvalue weighted by molar-refractivity contribution is 0.0939. The largest absolute Gasteiger partial charge is 0.354 e. The van der Waals surface area contributed by atoms with Crippen LogP contribution in [0.5, 0.6) is 0 Å². The van der Waals surface area contributed by atoms with Crippen LogP contribution in [0.3, 0.4) is 0 Å². The van der Waals surface area contributed by atoms with E-state index in [1.165, 1.54) is 29.8 Å². The molecule has 0 aliphatic rings. The summed E-state index contributed by atoms with van der Waals surface area (Å²) in [7, 11) is 0. The third-order valence-electron chi connectivity index (χ3n) is 5.06. The highest BCUT2D eigenvalue weighted by atomic mass is 16.1. The fraction of sp³-hybridized carbons (Fsp3) is 0.182. The molecule has 0 radical (unpaired) electrons. The summed E-state index contributed by atoms with van der Waals surface area (Å²) < 4.78 is 0. The standard InChI is InChI=1S/C22H21N5O/c1-13-6-7-23-11-19(13)21-14(2)18-8-16(4-5-20(18)27-21)15(3)26-22(28)17-9-24-12-25-10-17/h4-12,15,27H,1-3H3,(H,26,28). The van der Waals surface area contributed by atoms with E-state index in [0.29, 0.717) is 5.56 Å². The predicted octanol–water partition coefficient (Wildman–Crippen LogP) is 4.13. The maximum atomic E-state index is 12.4. The Kier molecular flexibility index (Phi) is 4.61. The van der Waals surface area contributed by atoms with Gasteiger partial charge in [-0.3, -0.25) is 9.78 Å². The molecule has 6 nitrogen and oxygen atoms in total. The van der Waals surface area contributed by atoms with Crippen LogP contribution in [0.15, 0.2) is 55.4 Å². The first kappa shape index (κ1) is 17.9. The second-order valence-electron chi connectivity index (χ2n) is 6.94. The number of aryl methyl sites for hydroxylation is 2. The summed E-state index contributed by atoms with van der Waals surface area (Å²) in [4.78, 5) is 27.9. The molecule has 1 atom stereocenters. The molecule has 0 fully saturated rings. The molecule has 0 saturated carbocycles. The summed E-state index contributed by atoms with van der Waals surface area (Å²) in [6, 6.07) is 8.08. The lowest BCUT2D eigenvalue weighted by Crippen LogP contribution is -2.26. The molecule has 3 aromatic heterocycles. The molecule has 140 valence electrons. The number of H-pyrrole nitrogens is 1. The molecule has 1 aromatic carbocycles. The fourth-order valence-corrected chi connectivity index (χ4v) is 3.39. The van der Waals surface area contributed by atoms with Gasteiger partial charge in [0.2, 0.25) is 0 Å². The first-order valence-electron chi connectivity index (χ1n) is 9.13. The number of nitrogens with one attached hydrogen (secondary N) is 2. The maximum absolute atomic E-state index is 12.4. The minimum atomic E-state index is -0.189. The number of nitrogens with zero attached hydrogens (tertiary/aromatic N) is 3. The van der Waals surface area contributed by atoms with E-state index in [-0.39, 0.29) is 11.9 Å². The molecule has 1 unspecified atom stereocenters. The number of benzene rings is 1. The van der Waals surface area contributed by atoms with Crippen LogP contribution in [0.2, 0.25) is 0 Å². The van der Waals surface area contributed by atoms with Crippen LogP contribution in [0.1, 0.15) is 40.0 Å². The molecular formula is C22H21N5O. The zero-order chi connectivity index (χ0) is 19.7. The van der Waals surface area contributed by atoms with Crippen molar-refractivity contribution in [3.8, 4) is 11.3 Å². The van der Waals surface area contributed by atoms with Crippen molar-refractivity contribution < 1.29 is 4.79 Å². The number of hydrogen-bond donors (Lipinski definition) is 2. The summed E-state index contributed by atoms with van der Waals surface area (Å²) in [6.07, 6.45) is 8.12. The Morgan fingerprint density at radius 2 is 1.86 bits per heavy atom. The number of aromatic nitrogens is 4. The van der Waals surface area contributed by atoms with Gasteiger partial charge in [0.05, 0.1) is 17.3 Å².